The van der Waals surface area contributed by atoms with Gasteiger partial charge in [0.2, 0.25) is 0 Å². The van der Waals surface area contributed by atoms with Crippen molar-refractivity contribution in [2.24, 2.45) is 0 Å². The van der Waals surface area contributed by atoms with E-state index in [0.29, 0.717) is 18.0 Å². The van der Waals surface area contributed by atoms with Gasteiger partial charge in [-0.25, -0.2) is 9.59 Å². The Hall–Kier alpha value is -2.15. The molecule has 2 heterocycles. The zero-order valence-electron chi connectivity index (χ0n) is 10.5. The first kappa shape index (κ1) is 13.3. The first-order chi connectivity index (χ1) is 9.09. The van der Waals surface area contributed by atoms with E-state index in [2.05, 4.69) is 10.3 Å². The average Bonchev–Trinajstić information content (AvgIpc) is 2.41. The van der Waals surface area contributed by atoms with E-state index in [4.69, 9.17) is 9.84 Å². The van der Waals surface area contributed by atoms with Gasteiger partial charge in [-0.15, -0.1) is 0 Å². The normalized spacial score (nSPS) is 19.0. The number of pyridine rings is 1. The van der Waals surface area contributed by atoms with E-state index in [1.54, 1.807) is 25.3 Å². The molecule has 0 spiro atoms. The molecule has 0 aliphatic carbocycles. The van der Waals surface area contributed by atoms with Crippen molar-refractivity contribution >= 4 is 17.7 Å². The summed E-state index contributed by atoms with van der Waals surface area (Å²) in [6.45, 7) is 2.36. The molecule has 2 N–H and O–H groups in total. The lowest BCUT2D eigenvalue weighted by molar-refractivity contribution is -0.147. The van der Waals surface area contributed by atoms with Crippen LogP contribution in [0.3, 0.4) is 0 Å². The number of rotatable bonds is 2. The van der Waals surface area contributed by atoms with Crippen LogP contribution in [0.25, 0.3) is 0 Å². The van der Waals surface area contributed by atoms with Crippen molar-refractivity contribution in [1.29, 1.82) is 0 Å². The van der Waals surface area contributed by atoms with Crippen molar-refractivity contribution in [3.05, 3.63) is 24.0 Å². The molecule has 1 aromatic rings. The van der Waals surface area contributed by atoms with Crippen LogP contribution in [0.1, 0.15) is 5.69 Å². The summed E-state index contributed by atoms with van der Waals surface area (Å²) in [5, 5.41) is 11.7. The van der Waals surface area contributed by atoms with Crippen molar-refractivity contribution in [3.63, 3.8) is 0 Å². The van der Waals surface area contributed by atoms with Crippen molar-refractivity contribution in [2.45, 2.75) is 13.0 Å². The molecule has 0 aromatic carbocycles. The lowest BCUT2D eigenvalue weighted by atomic mass is 10.2. The Morgan fingerprint density at radius 3 is 3.05 bits per heavy atom. The van der Waals surface area contributed by atoms with Gasteiger partial charge < -0.3 is 20.1 Å². The number of anilines is 1. The number of carboxylic acids is 1. The van der Waals surface area contributed by atoms with Crippen molar-refractivity contribution in [3.8, 4) is 0 Å². The van der Waals surface area contributed by atoms with E-state index in [9.17, 15) is 9.59 Å². The molecule has 0 saturated carbocycles. The molecule has 0 bridgehead atoms. The summed E-state index contributed by atoms with van der Waals surface area (Å²) >= 11 is 0. The molecule has 1 fully saturated rings. The third-order valence-electron chi connectivity index (χ3n) is 2.92. The Balaban J connectivity index is 2.10. The average molecular weight is 265 g/mol. The van der Waals surface area contributed by atoms with Gasteiger partial charge in [0, 0.05) is 12.7 Å². The van der Waals surface area contributed by atoms with Crippen LogP contribution in [0.2, 0.25) is 0 Å². The van der Waals surface area contributed by atoms with Crippen LogP contribution in [0.5, 0.6) is 0 Å². The Kier molecular flexibility index (Phi) is 3.96. The standard InChI is InChI=1S/C12H15N3O4/c1-8-9(3-2-4-13-8)14-12(18)15-5-6-19-7-10(15)11(16)17/h2-4,10H,5-7H2,1H3,(H,14,18)(H,16,17). The quantitative estimate of drug-likeness (QED) is 0.821. The summed E-state index contributed by atoms with van der Waals surface area (Å²) in [5.41, 5.74) is 1.25. The van der Waals surface area contributed by atoms with E-state index in [1.807, 2.05) is 0 Å². The number of carbonyl (C=O) groups excluding carboxylic acids is 1. The number of hydrogen-bond acceptors (Lipinski definition) is 4. The molecule has 1 atom stereocenters. The third-order valence-corrected chi connectivity index (χ3v) is 2.92. The minimum absolute atomic E-state index is 0.00871. The summed E-state index contributed by atoms with van der Waals surface area (Å²) in [4.78, 5) is 28.5. The van der Waals surface area contributed by atoms with Gasteiger partial charge in [-0.3, -0.25) is 4.98 Å². The zero-order valence-corrected chi connectivity index (χ0v) is 10.5. The summed E-state index contributed by atoms with van der Waals surface area (Å²) in [7, 11) is 0. The molecule has 1 unspecified atom stereocenters. The predicted molar refractivity (Wildman–Crippen MR) is 66.9 cm³/mol. The van der Waals surface area contributed by atoms with E-state index in [-0.39, 0.29) is 13.2 Å². The summed E-state index contributed by atoms with van der Waals surface area (Å²) in [6.07, 6.45) is 1.62. The molecule has 2 rings (SSSR count). The number of aromatic nitrogens is 1. The Morgan fingerprint density at radius 1 is 1.58 bits per heavy atom. The predicted octanol–water partition coefficient (Wildman–Crippen LogP) is 0.707. The number of aliphatic carboxylic acids is 1. The first-order valence-corrected chi connectivity index (χ1v) is 5.89. The summed E-state index contributed by atoms with van der Waals surface area (Å²) in [5.74, 6) is -1.07. The number of carboxylic acid groups (broad SMARTS) is 1. The number of morpholine rings is 1. The van der Waals surface area contributed by atoms with Crippen molar-refractivity contribution < 1.29 is 19.4 Å². The lowest BCUT2D eigenvalue weighted by Gasteiger charge is -2.32. The fourth-order valence-electron chi connectivity index (χ4n) is 1.85. The first-order valence-electron chi connectivity index (χ1n) is 5.89. The van der Waals surface area contributed by atoms with Gasteiger partial charge in [0.25, 0.3) is 0 Å². The molecule has 1 aliphatic rings. The van der Waals surface area contributed by atoms with Gasteiger partial charge >= 0.3 is 12.0 Å². The van der Waals surface area contributed by atoms with Gasteiger partial charge in [0.15, 0.2) is 6.04 Å². The molecule has 1 saturated heterocycles. The molecule has 102 valence electrons. The van der Waals surface area contributed by atoms with Crippen molar-refractivity contribution in [2.75, 3.05) is 25.1 Å². The minimum Gasteiger partial charge on any atom is -0.480 e. The molecule has 0 radical (unpaired) electrons. The monoisotopic (exact) mass is 265 g/mol. The molecule has 7 heteroatoms. The van der Waals surface area contributed by atoms with Crippen LogP contribution in [-0.2, 0) is 9.53 Å². The highest BCUT2D eigenvalue weighted by atomic mass is 16.5. The number of amides is 2. The van der Waals surface area contributed by atoms with Crippen molar-refractivity contribution in [1.82, 2.24) is 9.88 Å². The summed E-state index contributed by atoms with van der Waals surface area (Å²) in [6, 6.07) is 2.02. The topological polar surface area (TPSA) is 91.8 Å². The molecule has 1 aromatic heterocycles. The molecular weight excluding hydrogens is 250 g/mol. The maximum atomic E-state index is 12.1. The lowest BCUT2D eigenvalue weighted by Crippen LogP contribution is -2.54. The number of nitrogens with one attached hydrogen (secondary N) is 1. The van der Waals surface area contributed by atoms with Gasteiger partial charge in [0.1, 0.15) is 0 Å². The SMILES string of the molecule is Cc1ncccc1NC(=O)N1CCOCC1C(=O)O. The fraction of sp³-hybridized carbons (Fsp3) is 0.417. The van der Waals surface area contributed by atoms with Crippen LogP contribution in [0.4, 0.5) is 10.5 Å². The smallest absolute Gasteiger partial charge is 0.328 e. The number of aryl methyl sites for hydroxylation is 1. The molecular formula is C12H15N3O4. The third kappa shape index (κ3) is 3.00. The van der Waals surface area contributed by atoms with Gasteiger partial charge in [-0.2, -0.15) is 0 Å². The number of carbonyl (C=O) groups is 2. The second-order valence-electron chi connectivity index (χ2n) is 4.19. The van der Waals surface area contributed by atoms with Gasteiger partial charge in [-0.05, 0) is 19.1 Å². The Bertz CT molecular complexity index is 492. The highest BCUT2D eigenvalue weighted by Crippen LogP contribution is 2.14. The Morgan fingerprint density at radius 2 is 2.37 bits per heavy atom. The number of ether oxygens (including phenoxy) is 1. The van der Waals surface area contributed by atoms with Crippen LogP contribution in [-0.4, -0.2) is 52.8 Å². The number of nitrogens with zero attached hydrogens (tertiary/aromatic N) is 2. The second kappa shape index (κ2) is 5.66. The van der Waals surface area contributed by atoms with Crippen LogP contribution < -0.4 is 5.32 Å². The molecule has 7 nitrogen and oxygen atoms in total. The largest absolute Gasteiger partial charge is 0.480 e. The van der Waals surface area contributed by atoms with E-state index in [0.717, 1.165) is 0 Å². The zero-order chi connectivity index (χ0) is 13.8. The van der Waals surface area contributed by atoms with E-state index in [1.165, 1.54) is 4.90 Å². The molecule has 19 heavy (non-hydrogen) atoms. The number of hydrogen-bond donors (Lipinski definition) is 2. The van der Waals surface area contributed by atoms with Gasteiger partial charge in [-0.1, -0.05) is 0 Å². The Labute approximate surface area is 110 Å². The highest BCUT2D eigenvalue weighted by Gasteiger charge is 2.32. The summed E-state index contributed by atoms with van der Waals surface area (Å²) < 4.78 is 5.08. The highest BCUT2D eigenvalue weighted by molar-refractivity contribution is 5.92. The number of urea groups is 1. The van der Waals surface area contributed by atoms with Crippen LogP contribution in [0.15, 0.2) is 18.3 Å². The minimum atomic E-state index is -1.07. The molecule has 1 aliphatic heterocycles. The molecule has 2 amide bonds. The van der Waals surface area contributed by atoms with Gasteiger partial charge in [0.05, 0.1) is 24.6 Å². The second-order valence-corrected chi connectivity index (χ2v) is 4.19. The van der Waals surface area contributed by atoms with E-state index < -0.39 is 18.0 Å². The van der Waals surface area contributed by atoms with E-state index >= 15 is 0 Å². The van der Waals surface area contributed by atoms with Crippen LogP contribution >= 0.6 is 0 Å². The fourth-order valence-corrected chi connectivity index (χ4v) is 1.85. The van der Waals surface area contributed by atoms with Crippen LogP contribution in [0, 0.1) is 6.92 Å². The maximum absolute atomic E-state index is 12.1. The maximum Gasteiger partial charge on any atom is 0.328 e.